The van der Waals surface area contributed by atoms with Crippen molar-refractivity contribution in [2.75, 3.05) is 24.6 Å². The number of nitrogens with one attached hydrogen (secondary N) is 1. The van der Waals surface area contributed by atoms with E-state index in [1.54, 1.807) is 0 Å². The van der Waals surface area contributed by atoms with Crippen molar-refractivity contribution in [3.8, 4) is 5.75 Å². The summed E-state index contributed by atoms with van der Waals surface area (Å²) in [4.78, 5) is 13.7. The van der Waals surface area contributed by atoms with Gasteiger partial charge in [-0.25, -0.2) is 0 Å². The molecule has 104 valence electrons. The average molecular weight is 355 g/mol. The van der Waals surface area contributed by atoms with Crippen molar-refractivity contribution in [3.63, 3.8) is 0 Å². The number of halogens is 3. The van der Waals surface area contributed by atoms with Crippen LogP contribution >= 0.6 is 27.3 Å². The fourth-order valence-corrected chi connectivity index (χ4v) is 3.85. The van der Waals surface area contributed by atoms with Crippen LogP contribution in [0, 0.1) is 0 Å². The number of ether oxygens (including phenoxy) is 1. The average Bonchev–Trinajstić information content (AvgIpc) is 2.57. The predicted octanol–water partition coefficient (Wildman–Crippen LogP) is 1.41. The Morgan fingerprint density at radius 2 is 2.37 bits per heavy atom. The SMILES string of the molecule is O=C1N[C@H](CO)CN2CC(F)(F)Oc3c(Br)sc1c32. The number of amides is 1. The van der Waals surface area contributed by atoms with Gasteiger partial charge in [0.25, 0.3) is 5.91 Å². The van der Waals surface area contributed by atoms with Crippen LogP contribution < -0.4 is 15.0 Å². The zero-order valence-electron chi connectivity index (χ0n) is 9.45. The second kappa shape index (κ2) is 4.29. The minimum atomic E-state index is -3.32. The van der Waals surface area contributed by atoms with Crippen LogP contribution in [-0.4, -0.2) is 42.9 Å². The second-order valence-corrected chi connectivity index (χ2v) is 6.69. The normalized spacial score (nSPS) is 24.3. The minimum Gasteiger partial charge on any atom is -0.427 e. The van der Waals surface area contributed by atoms with Crippen LogP contribution in [0.1, 0.15) is 9.67 Å². The maximum atomic E-state index is 13.5. The first-order chi connectivity index (χ1) is 8.91. The van der Waals surface area contributed by atoms with E-state index in [-0.39, 0.29) is 24.8 Å². The lowest BCUT2D eigenvalue weighted by Crippen LogP contribution is -2.49. The maximum Gasteiger partial charge on any atom is 0.416 e. The Hall–Kier alpha value is -0.930. The molecule has 2 aliphatic heterocycles. The standard InChI is InChI=1S/C10H9BrF2N2O3S/c11-8-6-5-7(19-8)9(17)14-4(2-16)1-15(5)3-10(12,13)18-6/h4,16H,1-3H2,(H,14,17)/t4-/m0/s1. The molecule has 1 atom stereocenters. The van der Waals surface area contributed by atoms with Gasteiger partial charge in [0, 0.05) is 6.54 Å². The van der Waals surface area contributed by atoms with Crippen LogP contribution in [0.3, 0.4) is 0 Å². The third-order valence-electron chi connectivity index (χ3n) is 2.95. The van der Waals surface area contributed by atoms with Crippen LogP contribution in [-0.2, 0) is 0 Å². The minimum absolute atomic E-state index is 0.00927. The van der Waals surface area contributed by atoms with E-state index in [0.717, 1.165) is 11.3 Å². The van der Waals surface area contributed by atoms with E-state index in [2.05, 4.69) is 26.0 Å². The van der Waals surface area contributed by atoms with Crippen LogP contribution in [0.5, 0.6) is 5.75 Å². The maximum absolute atomic E-state index is 13.5. The number of rotatable bonds is 1. The smallest absolute Gasteiger partial charge is 0.416 e. The number of hydrogen-bond acceptors (Lipinski definition) is 5. The van der Waals surface area contributed by atoms with E-state index in [4.69, 9.17) is 5.11 Å². The molecule has 0 bridgehead atoms. The van der Waals surface area contributed by atoms with Crippen LogP contribution in [0.25, 0.3) is 0 Å². The number of carbonyl (C=O) groups excluding carboxylic acids is 1. The highest BCUT2D eigenvalue weighted by atomic mass is 79.9. The fraction of sp³-hybridized carbons (Fsp3) is 0.500. The van der Waals surface area contributed by atoms with E-state index in [9.17, 15) is 13.6 Å². The molecular weight excluding hydrogens is 346 g/mol. The Morgan fingerprint density at radius 3 is 3.05 bits per heavy atom. The molecular formula is C10H9BrF2N2O3S. The van der Waals surface area contributed by atoms with Crippen molar-refractivity contribution >= 4 is 38.9 Å². The van der Waals surface area contributed by atoms with Crippen LogP contribution in [0.4, 0.5) is 14.5 Å². The number of aliphatic hydroxyl groups excluding tert-OH is 1. The molecule has 0 aliphatic carbocycles. The summed E-state index contributed by atoms with van der Waals surface area (Å²) in [5.74, 6) is -0.396. The monoisotopic (exact) mass is 354 g/mol. The van der Waals surface area contributed by atoms with Gasteiger partial charge in [0.2, 0.25) is 0 Å². The van der Waals surface area contributed by atoms with Gasteiger partial charge in [-0.15, -0.1) is 11.3 Å². The van der Waals surface area contributed by atoms with Crippen molar-refractivity contribution in [3.05, 3.63) is 8.66 Å². The first-order valence-corrected chi connectivity index (χ1v) is 7.08. The quantitative estimate of drug-likeness (QED) is 0.800. The third-order valence-corrected chi connectivity index (χ3v) is 4.74. The van der Waals surface area contributed by atoms with Crippen LogP contribution in [0.2, 0.25) is 0 Å². The molecule has 1 amide bonds. The predicted molar refractivity (Wildman–Crippen MR) is 68.1 cm³/mol. The molecule has 0 saturated heterocycles. The van der Waals surface area contributed by atoms with E-state index >= 15 is 0 Å². The Morgan fingerprint density at radius 1 is 1.63 bits per heavy atom. The summed E-state index contributed by atoms with van der Waals surface area (Å²) < 4.78 is 32.1. The van der Waals surface area contributed by atoms with Crippen molar-refractivity contribution < 1.29 is 23.4 Å². The summed E-state index contributed by atoms with van der Waals surface area (Å²) in [5.41, 5.74) is 0.372. The molecule has 2 aliphatic rings. The highest BCUT2D eigenvalue weighted by Crippen LogP contribution is 2.51. The molecule has 2 N–H and O–H groups in total. The summed E-state index contributed by atoms with van der Waals surface area (Å²) in [6, 6.07) is -0.576. The molecule has 0 unspecified atom stereocenters. The summed E-state index contributed by atoms with van der Waals surface area (Å²) >= 11 is 4.18. The highest BCUT2D eigenvalue weighted by molar-refractivity contribution is 9.11. The van der Waals surface area contributed by atoms with Crippen molar-refractivity contribution in [2.24, 2.45) is 0 Å². The number of thiophene rings is 1. The summed E-state index contributed by atoms with van der Waals surface area (Å²) in [6.45, 7) is -0.827. The highest BCUT2D eigenvalue weighted by Gasteiger charge is 2.46. The number of aliphatic hydroxyl groups is 1. The first kappa shape index (κ1) is 13.1. The number of hydrogen-bond donors (Lipinski definition) is 2. The van der Waals surface area contributed by atoms with Gasteiger partial charge in [-0.2, -0.15) is 8.78 Å². The topological polar surface area (TPSA) is 61.8 Å². The molecule has 19 heavy (non-hydrogen) atoms. The van der Waals surface area contributed by atoms with Gasteiger partial charge >= 0.3 is 6.11 Å². The number of alkyl halides is 2. The Kier molecular flexibility index (Phi) is 2.95. The Labute approximate surface area is 119 Å². The molecule has 0 aromatic carbocycles. The van der Waals surface area contributed by atoms with E-state index < -0.39 is 18.7 Å². The van der Waals surface area contributed by atoms with E-state index in [1.807, 2.05) is 0 Å². The molecule has 3 rings (SSSR count). The third kappa shape index (κ3) is 2.09. The molecule has 5 nitrogen and oxygen atoms in total. The lowest BCUT2D eigenvalue weighted by molar-refractivity contribution is -0.172. The van der Waals surface area contributed by atoms with Gasteiger partial charge in [-0.3, -0.25) is 4.79 Å². The summed E-state index contributed by atoms with van der Waals surface area (Å²) in [7, 11) is 0. The van der Waals surface area contributed by atoms with E-state index in [1.165, 1.54) is 4.90 Å². The zero-order valence-corrected chi connectivity index (χ0v) is 11.9. The Balaban J connectivity index is 2.12. The lowest BCUT2D eigenvalue weighted by atomic mass is 10.2. The Bertz CT molecular complexity index is 551. The van der Waals surface area contributed by atoms with Gasteiger partial charge in [0.05, 0.1) is 12.6 Å². The molecule has 0 fully saturated rings. The largest absolute Gasteiger partial charge is 0.427 e. The molecule has 0 radical (unpaired) electrons. The van der Waals surface area contributed by atoms with Gasteiger partial charge in [-0.1, -0.05) is 0 Å². The second-order valence-electron chi connectivity index (χ2n) is 4.36. The number of carbonyl (C=O) groups is 1. The fourth-order valence-electron chi connectivity index (χ4n) is 2.21. The molecule has 1 aromatic heterocycles. The van der Waals surface area contributed by atoms with Crippen molar-refractivity contribution in [1.29, 1.82) is 0 Å². The molecule has 9 heteroatoms. The lowest BCUT2D eigenvalue weighted by Gasteiger charge is -2.34. The van der Waals surface area contributed by atoms with Crippen molar-refractivity contribution in [2.45, 2.75) is 12.2 Å². The molecule has 3 heterocycles. The molecule has 1 aromatic rings. The van der Waals surface area contributed by atoms with Gasteiger partial charge in [0.15, 0.2) is 5.75 Å². The number of anilines is 1. The van der Waals surface area contributed by atoms with Gasteiger partial charge in [-0.05, 0) is 15.9 Å². The molecule has 0 saturated carbocycles. The summed E-state index contributed by atoms with van der Waals surface area (Å²) in [5, 5.41) is 11.8. The zero-order chi connectivity index (χ0) is 13.8. The van der Waals surface area contributed by atoms with Gasteiger partial charge < -0.3 is 20.1 Å². The molecule has 0 spiro atoms. The first-order valence-electron chi connectivity index (χ1n) is 5.47. The van der Waals surface area contributed by atoms with Crippen LogP contribution in [0.15, 0.2) is 3.79 Å². The van der Waals surface area contributed by atoms with Crippen molar-refractivity contribution in [1.82, 2.24) is 5.32 Å². The number of nitrogens with zero attached hydrogens (tertiary/aromatic N) is 1. The van der Waals surface area contributed by atoms with E-state index in [0.29, 0.717) is 14.4 Å². The van der Waals surface area contributed by atoms with Gasteiger partial charge in [0.1, 0.15) is 20.9 Å². The summed E-state index contributed by atoms with van der Waals surface area (Å²) in [6.07, 6.45) is -3.32.